The van der Waals surface area contributed by atoms with Crippen LogP contribution >= 0.6 is 0 Å². The predicted molar refractivity (Wildman–Crippen MR) is 188 cm³/mol. The van der Waals surface area contributed by atoms with Crippen LogP contribution in [0.15, 0.2) is 122 Å². The first-order chi connectivity index (χ1) is 23.7. The van der Waals surface area contributed by atoms with Crippen molar-refractivity contribution in [3.8, 4) is 28.7 Å². The first-order valence-electron chi connectivity index (χ1n) is 15.8. The second-order valence-corrected chi connectivity index (χ2v) is 11.5. The van der Waals surface area contributed by atoms with Crippen LogP contribution in [0.1, 0.15) is 53.6 Å². The molecule has 0 radical (unpaired) electrons. The van der Waals surface area contributed by atoms with Crippen LogP contribution in [0.2, 0.25) is 0 Å². The summed E-state index contributed by atoms with van der Waals surface area (Å²) in [6, 6.07) is 31.4. The van der Waals surface area contributed by atoms with Gasteiger partial charge < -0.3 is 15.2 Å². The highest BCUT2D eigenvalue weighted by Gasteiger charge is 2.16. The zero-order valence-electron chi connectivity index (χ0n) is 27.7. The summed E-state index contributed by atoms with van der Waals surface area (Å²) in [6.45, 7) is 4.32. The molecule has 0 spiro atoms. The van der Waals surface area contributed by atoms with Gasteiger partial charge in [0, 0.05) is 48.7 Å². The van der Waals surface area contributed by atoms with Gasteiger partial charge in [0.25, 0.3) is 5.91 Å². The highest BCUT2D eigenvalue weighted by atomic mass is 19.1. The molecule has 1 atom stereocenters. The Labute approximate surface area is 286 Å². The van der Waals surface area contributed by atoms with E-state index in [0.29, 0.717) is 24.4 Å². The number of nitrogens with one attached hydrogen (secondary N) is 1. The Hall–Kier alpha value is -5.85. The van der Waals surface area contributed by atoms with Crippen LogP contribution in [0.5, 0.6) is 5.75 Å². The topological polar surface area (TPSA) is 105 Å². The van der Waals surface area contributed by atoms with Gasteiger partial charge in [-0.25, -0.2) is 9.37 Å². The molecule has 0 aliphatic carbocycles. The summed E-state index contributed by atoms with van der Waals surface area (Å²) < 4.78 is 19.5. The van der Waals surface area contributed by atoms with E-state index in [9.17, 15) is 14.0 Å². The number of aromatic nitrogens is 2. The molecule has 250 valence electrons. The van der Waals surface area contributed by atoms with Crippen molar-refractivity contribution in [3.63, 3.8) is 0 Å². The number of ether oxygens (including phenoxy) is 1. The molecule has 0 bridgehead atoms. The van der Waals surface area contributed by atoms with Gasteiger partial charge in [-0.15, -0.1) is 0 Å². The number of carbonyl (C=O) groups excluding carboxylic acids is 1. The summed E-state index contributed by atoms with van der Waals surface area (Å²) in [7, 11) is 1.75. The number of pyridine rings is 2. The van der Waals surface area contributed by atoms with Gasteiger partial charge in [0.2, 0.25) is 0 Å². The Morgan fingerprint density at radius 3 is 2.12 bits per heavy atom. The van der Waals surface area contributed by atoms with Gasteiger partial charge in [0.05, 0.1) is 6.54 Å². The van der Waals surface area contributed by atoms with Crippen LogP contribution in [0.4, 0.5) is 4.39 Å². The normalized spacial score (nSPS) is 11.1. The first-order valence-corrected chi connectivity index (χ1v) is 15.8. The number of hydrogen-bond acceptors (Lipinski definition) is 6. The summed E-state index contributed by atoms with van der Waals surface area (Å²) in [5.74, 6) is 5.37. The third-order valence-corrected chi connectivity index (χ3v) is 7.11. The average molecular weight is 659 g/mol. The van der Waals surface area contributed by atoms with Crippen molar-refractivity contribution in [2.75, 3.05) is 20.1 Å². The van der Waals surface area contributed by atoms with Crippen molar-refractivity contribution in [2.45, 2.75) is 32.4 Å². The van der Waals surface area contributed by atoms with Crippen LogP contribution in [-0.2, 0) is 4.79 Å². The lowest BCUT2D eigenvalue weighted by Gasteiger charge is -2.22. The molecule has 8 nitrogen and oxygen atoms in total. The van der Waals surface area contributed by atoms with Gasteiger partial charge >= 0.3 is 5.97 Å². The molecule has 2 aromatic heterocycles. The molecule has 1 amide bonds. The van der Waals surface area contributed by atoms with E-state index in [2.05, 4.69) is 39.3 Å². The van der Waals surface area contributed by atoms with E-state index in [1.807, 2.05) is 68.4 Å². The maximum Gasteiger partial charge on any atom is 0.317 e. The molecular weight excluding hydrogens is 619 g/mol. The molecular formula is C40H39FN4O4. The van der Waals surface area contributed by atoms with Gasteiger partial charge in [0.15, 0.2) is 0 Å². The number of aliphatic carboxylic acids is 1. The summed E-state index contributed by atoms with van der Waals surface area (Å²) in [6.07, 6.45) is 5.26. The Balaban J connectivity index is 0.000000237. The van der Waals surface area contributed by atoms with Crippen molar-refractivity contribution in [3.05, 3.63) is 150 Å². The lowest BCUT2D eigenvalue weighted by molar-refractivity contribution is -0.138. The molecule has 3 aromatic carbocycles. The minimum absolute atomic E-state index is 0.0398. The molecule has 9 heteroatoms. The third-order valence-electron chi connectivity index (χ3n) is 7.11. The SMILES string of the molecule is CC(C)NC(=O)c1ccc(C#Cc2ccncc2)cn1.CN(CC[C@@H](Oc1ccc(-c2ccccc2)cc1)c1ccc(F)cc1)CC(=O)O. The Morgan fingerprint density at radius 2 is 1.51 bits per heavy atom. The molecule has 5 rings (SSSR count). The first kappa shape index (κ1) is 36.0. The molecule has 0 unspecified atom stereocenters. The molecule has 0 aliphatic heterocycles. The van der Waals surface area contributed by atoms with E-state index >= 15 is 0 Å². The van der Waals surface area contributed by atoms with Crippen molar-refractivity contribution >= 4 is 11.9 Å². The highest BCUT2D eigenvalue weighted by Crippen LogP contribution is 2.28. The second kappa shape index (κ2) is 18.5. The van der Waals surface area contributed by atoms with E-state index in [-0.39, 0.29) is 30.4 Å². The third kappa shape index (κ3) is 12.4. The highest BCUT2D eigenvalue weighted by molar-refractivity contribution is 5.92. The van der Waals surface area contributed by atoms with E-state index in [1.165, 1.54) is 12.1 Å². The number of hydrogen-bond donors (Lipinski definition) is 2. The van der Waals surface area contributed by atoms with Crippen LogP contribution in [0.3, 0.4) is 0 Å². The van der Waals surface area contributed by atoms with Gasteiger partial charge in [-0.3, -0.25) is 19.5 Å². The van der Waals surface area contributed by atoms with Gasteiger partial charge in [-0.1, -0.05) is 66.4 Å². The van der Waals surface area contributed by atoms with Crippen LogP contribution < -0.4 is 10.1 Å². The lowest BCUT2D eigenvalue weighted by atomic mass is 10.0. The number of amides is 1. The zero-order chi connectivity index (χ0) is 35.0. The smallest absolute Gasteiger partial charge is 0.317 e. The van der Waals surface area contributed by atoms with Crippen molar-refractivity contribution in [1.29, 1.82) is 0 Å². The molecule has 0 saturated heterocycles. The fourth-order valence-corrected chi connectivity index (χ4v) is 4.66. The quantitative estimate of drug-likeness (QED) is 0.147. The summed E-state index contributed by atoms with van der Waals surface area (Å²) in [5, 5.41) is 11.7. The summed E-state index contributed by atoms with van der Waals surface area (Å²) in [5.41, 5.74) is 5.13. The molecule has 2 heterocycles. The fraction of sp³-hybridized carbons (Fsp3) is 0.200. The Morgan fingerprint density at radius 1 is 0.857 bits per heavy atom. The fourth-order valence-electron chi connectivity index (χ4n) is 4.66. The van der Waals surface area contributed by atoms with Crippen LogP contribution in [0, 0.1) is 17.7 Å². The van der Waals surface area contributed by atoms with Gasteiger partial charge in [0.1, 0.15) is 23.4 Å². The maximum absolute atomic E-state index is 13.3. The number of halogens is 1. The number of likely N-dealkylation sites (N-methyl/N-ethyl adjacent to an activating group) is 1. The van der Waals surface area contributed by atoms with Crippen molar-refractivity contribution in [2.24, 2.45) is 0 Å². The molecule has 0 aliphatic rings. The minimum atomic E-state index is -0.872. The standard InChI is InChI=1S/C24H24FNO3.C16H15N3O/c1-26(17-24(27)28)16-15-23(20-7-11-21(25)12-8-20)29-22-13-9-19(10-14-22)18-5-3-2-4-6-18;1-12(2)19-16(20)15-6-5-14(11-18-15)4-3-13-7-9-17-10-8-13/h2-14,23H,15-17H2,1H3,(H,27,28);5-12H,1-2H3,(H,19,20)/t23-;/m1./s1. The number of nitrogens with zero attached hydrogens (tertiary/aromatic N) is 3. The second-order valence-electron chi connectivity index (χ2n) is 11.5. The lowest BCUT2D eigenvalue weighted by Crippen LogP contribution is -2.30. The maximum atomic E-state index is 13.3. The van der Waals surface area contributed by atoms with Gasteiger partial charge in [-0.05, 0) is 86.1 Å². The van der Waals surface area contributed by atoms with E-state index in [1.54, 1.807) is 54.8 Å². The molecule has 2 N–H and O–H groups in total. The predicted octanol–water partition coefficient (Wildman–Crippen LogP) is 7.03. The number of rotatable bonds is 11. The molecule has 0 saturated carbocycles. The minimum Gasteiger partial charge on any atom is -0.486 e. The Kier molecular flexibility index (Phi) is 13.6. The number of carbonyl (C=O) groups is 2. The monoisotopic (exact) mass is 658 g/mol. The number of carboxylic acids is 1. The number of carboxylic acid groups (broad SMARTS) is 1. The van der Waals surface area contributed by atoms with Crippen LogP contribution in [-0.4, -0.2) is 58.0 Å². The van der Waals surface area contributed by atoms with E-state index in [0.717, 1.165) is 27.8 Å². The zero-order valence-corrected chi connectivity index (χ0v) is 27.7. The van der Waals surface area contributed by atoms with E-state index in [4.69, 9.17) is 9.84 Å². The average Bonchev–Trinajstić information content (AvgIpc) is 3.10. The molecule has 0 fully saturated rings. The summed E-state index contributed by atoms with van der Waals surface area (Å²) >= 11 is 0. The van der Waals surface area contributed by atoms with E-state index < -0.39 is 5.97 Å². The molecule has 5 aromatic rings. The molecule has 49 heavy (non-hydrogen) atoms. The van der Waals surface area contributed by atoms with Crippen molar-refractivity contribution < 1.29 is 23.8 Å². The summed E-state index contributed by atoms with van der Waals surface area (Å²) in [4.78, 5) is 32.4. The Bertz CT molecular complexity index is 1820. The van der Waals surface area contributed by atoms with Crippen LogP contribution in [0.25, 0.3) is 11.1 Å². The largest absolute Gasteiger partial charge is 0.486 e. The van der Waals surface area contributed by atoms with Crippen molar-refractivity contribution in [1.82, 2.24) is 20.2 Å². The van der Waals surface area contributed by atoms with Gasteiger partial charge in [-0.2, -0.15) is 0 Å². The number of benzene rings is 3.